The van der Waals surface area contributed by atoms with Crippen molar-refractivity contribution in [3.05, 3.63) is 12.2 Å². The third kappa shape index (κ3) is 2.12. The molecule has 0 aromatic rings. The molecule has 2 bridgehead atoms. The Kier molecular flexibility index (Phi) is 4.08. The molecule has 0 amide bonds. The zero-order valence-corrected chi connectivity index (χ0v) is 12.2. The first-order valence-corrected chi connectivity index (χ1v) is 8.55. The van der Waals surface area contributed by atoms with Gasteiger partial charge in [0.05, 0.1) is 5.04 Å². The van der Waals surface area contributed by atoms with Crippen LogP contribution in [0.25, 0.3) is 0 Å². The summed E-state index contributed by atoms with van der Waals surface area (Å²) in [5.41, 5.74) is 0. The van der Waals surface area contributed by atoms with Crippen molar-refractivity contribution in [2.24, 2.45) is 5.92 Å². The van der Waals surface area contributed by atoms with Crippen molar-refractivity contribution in [3.63, 3.8) is 0 Å². The third-order valence-electron chi connectivity index (χ3n) is 3.89. The molecule has 3 nitrogen and oxygen atoms in total. The first-order chi connectivity index (χ1) is 8.22. The van der Waals surface area contributed by atoms with Gasteiger partial charge in [-0.1, -0.05) is 12.2 Å². The predicted molar refractivity (Wildman–Crippen MR) is 69.8 cm³/mol. The van der Waals surface area contributed by atoms with E-state index in [1.165, 1.54) is 19.3 Å². The van der Waals surface area contributed by atoms with Crippen LogP contribution in [-0.2, 0) is 13.3 Å². The molecule has 0 aromatic heterocycles. The SMILES string of the molecule is CCO[Si](OCC)(OCC)[C@@]12C=CC(CC1)C2. The summed E-state index contributed by atoms with van der Waals surface area (Å²) in [6, 6.07) is 0. The molecule has 4 heteroatoms. The Labute approximate surface area is 106 Å². The van der Waals surface area contributed by atoms with Crippen LogP contribution in [0.2, 0.25) is 5.04 Å². The molecule has 2 rings (SSSR count). The van der Waals surface area contributed by atoms with Gasteiger partial charge >= 0.3 is 8.80 Å². The highest BCUT2D eigenvalue weighted by molar-refractivity contribution is 6.65. The number of hydrogen-bond acceptors (Lipinski definition) is 3. The molecule has 2 aliphatic carbocycles. The number of rotatable bonds is 7. The Balaban J connectivity index is 2.26. The summed E-state index contributed by atoms with van der Waals surface area (Å²) in [7, 11) is -2.56. The van der Waals surface area contributed by atoms with Gasteiger partial charge < -0.3 is 13.3 Å². The molecule has 0 radical (unpaired) electrons. The molecule has 0 spiro atoms. The average molecular weight is 256 g/mol. The highest BCUT2D eigenvalue weighted by Gasteiger charge is 2.63. The molecular formula is C13H24O3Si. The van der Waals surface area contributed by atoms with E-state index in [1.54, 1.807) is 0 Å². The second-order valence-corrected chi connectivity index (χ2v) is 7.85. The van der Waals surface area contributed by atoms with E-state index in [1.807, 2.05) is 20.8 Å². The monoisotopic (exact) mass is 256 g/mol. The summed E-state index contributed by atoms with van der Waals surface area (Å²) in [4.78, 5) is 0. The fourth-order valence-electron chi connectivity index (χ4n) is 3.26. The Bertz CT molecular complexity index is 275. The number of fused-ring (bicyclic) bond motifs is 2. The Hall–Kier alpha value is -0.163. The maximum Gasteiger partial charge on any atom is 0.511 e. The van der Waals surface area contributed by atoms with Crippen LogP contribution in [0.3, 0.4) is 0 Å². The van der Waals surface area contributed by atoms with Gasteiger partial charge in [-0.15, -0.1) is 0 Å². The van der Waals surface area contributed by atoms with Crippen LogP contribution in [-0.4, -0.2) is 28.6 Å². The largest absolute Gasteiger partial charge is 0.511 e. The highest BCUT2D eigenvalue weighted by atomic mass is 28.4. The van der Waals surface area contributed by atoms with E-state index >= 15 is 0 Å². The van der Waals surface area contributed by atoms with Crippen LogP contribution < -0.4 is 0 Å². The lowest BCUT2D eigenvalue weighted by Gasteiger charge is -2.40. The van der Waals surface area contributed by atoms with Gasteiger partial charge in [0.1, 0.15) is 0 Å². The van der Waals surface area contributed by atoms with Gasteiger partial charge in [-0.05, 0) is 46.0 Å². The summed E-state index contributed by atoms with van der Waals surface area (Å²) >= 11 is 0. The van der Waals surface area contributed by atoms with E-state index in [2.05, 4.69) is 12.2 Å². The zero-order valence-electron chi connectivity index (χ0n) is 11.2. The van der Waals surface area contributed by atoms with Crippen molar-refractivity contribution in [3.8, 4) is 0 Å². The van der Waals surface area contributed by atoms with E-state index in [9.17, 15) is 0 Å². The Morgan fingerprint density at radius 2 is 1.71 bits per heavy atom. The molecule has 0 aromatic carbocycles. The topological polar surface area (TPSA) is 27.7 Å². The number of allylic oxidation sites excluding steroid dienone is 2. The van der Waals surface area contributed by atoms with Crippen molar-refractivity contribution >= 4 is 8.80 Å². The van der Waals surface area contributed by atoms with Crippen LogP contribution in [0, 0.1) is 5.92 Å². The summed E-state index contributed by atoms with van der Waals surface area (Å²) in [6.07, 6.45) is 8.26. The molecule has 1 saturated carbocycles. The van der Waals surface area contributed by atoms with E-state index in [4.69, 9.17) is 13.3 Å². The lowest BCUT2D eigenvalue weighted by Crippen LogP contribution is -2.55. The van der Waals surface area contributed by atoms with Gasteiger partial charge in [-0.3, -0.25) is 0 Å². The van der Waals surface area contributed by atoms with Gasteiger partial charge in [0.15, 0.2) is 0 Å². The zero-order chi connectivity index (χ0) is 12.4. The smallest absolute Gasteiger partial charge is 0.373 e. The summed E-state index contributed by atoms with van der Waals surface area (Å²) < 4.78 is 18.2. The minimum absolute atomic E-state index is 0.0691. The first-order valence-electron chi connectivity index (χ1n) is 6.83. The molecular weight excluding hydrogens is 232 g/mol. The van der Waals surface area contributed by atoms with Crippen LogP contribution >= 0.6 is 0 Å². The fourth-order valence-corrected chi connectivity index (χ4v) is 6.77. The van der Waals surface area contributed by atoms with Gasteiger partial charge in [0.2, 0.25) is 0 Å². The third-order valence-corrected chi connectivity index (χ3v) is 7.73. The van der Waals surface area contributed by atoms with Gasteiger partial charge in [0, 0.05) is 19.8 Å². The molecule has 2 aliphatic rings. The molecule has 1 unspecified atom stereocenters. The number of hydrogen-bond donors (Lipinski definition) is 0. The first kappa shape index (κ1) is 13.3. The molecule has 1 fully saturated rings. The van der Waals surface area contributed by atoms with Crippen molar-refractivity contribution in [1.29, 1.82) is 0 Å². The van der Waals surface area contributed by atoms with E-state index < -0.39 is 8.80 Å². The van der Waals surface area contributed by atoms with Crippen molar-refractivity contribution < 1.29 is 13.3 Å². The maximum absolute atomic E-state index is 6.06. The quantitative estimate of drug-likeness (QED) is 0.517. The van der Waals surface area contributed by atoms with Crippen molar-refractivity contribution in [2.75, 3.05) is 19.8 Å². The molecule has 98 valence electrons. The van der Waals surface area contributed by atoms with Crippen LogP contribution in [0.4, 0.5) is 0 Å². The highest BCUT2D eigenvalue weighted by Crippen LogP contribution is 2.61. The molecule has 0 heterocycles. The van der Waals surface area contributed by atoms with E-state index in [0.29, 0.717) is 19.8 Å². The van der Waals surface area contributed by atoms with Crippen LogP contribution in [0.1, 0.15) is 40.0 Å². The lowest BCUT2D eigenvalue weighted by atomic mass is 10.1. The normalized spacial score (nSPS) is 31.4. The van der Waals surface area contributed by atoms with Gasteiger partial charge in [-0.2, -0.15) is 0 Å². The Morgan fingerprint density at radius 3 is 2.00 bits per heavy atom. The molecule has 17 heavy (non-hydrogen) atoms. The molecule has 0 N–H and O–H groups in total. The van der Waals surface area contributed by atoms with E-state index in [0.717, 1.165) is 5.92 Å². The molecule has 2 atom stereocenters. The van der Waals surface area contributed by atoms with E-state index in [-0.39, 0.29) is 5.04 Å². The van der Waals surface area contributed by atoms with Crippen LogP contribution in [0.5, 0.6) is 0 Å². The summed E-state index contributed by atoms with van der Waals surface area (Å²) in [5.74, 6) is 0.725. The average Bonchev–Trinajstić information content (AvgIpc) is 2.91. The summed E-state index contributed by atoms with van der Waals surface area (Å²) in [6.45, 7) is 8.11. The van der Waals surface area contributed by atoms with Gasteiger partial charge in [-0.25, -0.2) is 0 Å². The predicted octanol–water partition coefficient (Wildman–Crippen LogP) is 3.15. The van der Waals surface area contributed by atoms with Crippen LogP contribution in [0.15, 0.2) is 12.2 Å². The minimum atomic E-state index is -2.56. The molecule has 0 aliphatic heterocycles. The Morgan fingerprint density at radius 1 is 1.12 bits per heavy atom. The maximum atomic E-state index is 6.06. The van der Waals surface area contributed by atoms with Crippen molar-refractivity contribution in [1.82, 2.24) is 0 Å². The minimum Gasteiger partial charge on any atom is -0.373 e. The van der Waals surface area contributed by atoms with Crippen molar-refractivity contribution in [2.45, 2.75) is 45.1 Å². The second kappa shape index (κ2) is 5.22. The molecule has 0 saturated heterocycles. The fraction of sp³-hybridized carbons (Fsp3) is 0.846. The summed E-state index contributed by atoms with van der Waals surface area (Å²) in [5, 5.41) is 0.0691. The van der Waals surface area contributed by atoms with Gasteiger partial charge in [0.25, 0.3) is 0 Å². The standard InChI is InChI=1S/C13H24O3Si/c1-4-14-17(15-5-2,16-6-3)13-9-7-12(11-13)8-10-13/h7,9,12H,4-6,8,10-11H2,1-3H3/t12?,13-/m0/s1. The lowest BCUT2D eigenvalue weighted by molar-refractivity contribution is 0.0512. The second-order valence-electron chi connectivity index (χ2n) is 4.87.